The molecule has 1 aliphatic carbocycles. The third kappa shape index (κ3) is 2.35. The Hall–Kier alpha value is -1.08. The van der Waals surface area contributed by atoms with Crippen molar-refractivity contribution in [2.24, 2.45) is 5.92 Å². The molecule has 0 spiro atoms. The fraction of sp³-hybridized carbons (Fsp3) is 0.667. The first-order chi connectivity index (χ1) is 7.70. The number of rotatable bonds is 2. The molecule has 0 bridgehead atoms. The normalized spacial score (nSPS) is 25.1. The maximum absolute atomic E-state index is 9.05. The van der Waals surface area contributed by atoms with Gasteiger partial charge in [0.1, 0.15) is 16.6 Å². The summed E-state index contributed by atoms with van der Waals surface area (Å²) in [5.74, 6) is 0.797. The summed E-state index contributed by atoms with van der Waals surface area (Å²) in [7, 11) is 0. The number of hydrogen-bond donors (Lipinski definition) is 1. The molecule has 1 fully saturated rings. The smallest absolute Gasteiger partial charge is 0.127 e. The molecular weight excluding hydrogens is 218 g/mol. The average molecular weight is 235 g/mol. The second-order valence-corrected chi connectivity index (χ2v) is 5.47. The van der Waals surface area contributed by atoms with Crippen LogP contribution in [0.1, 0.15) is 43.9 Å². The van der Waals surface area contributed by atoms with Gasteiger partial charge in [-0.25, -0.2) is 0 Å². The molecule has 2 rings (SSSR count). The van der Waals surface area contributed by atoms with Crippen molar-refractivity contribution in [3.8, 4) is 6.07 Å². The van der Waals surface area contributed by atoms with Crippen molar-refractivity contribution in [3.05, 3.63) is 11.3 Å². The zero-order valence-electron chi connectivity index (χ0n) is 9.79. The molecule has 16 heavy (non-hydrogen) atoms. The highest BCUT2D eigenvalue weighted by Gasteiger charge is 2.20. The maximum atomic E-state index is 9.05. The van der Waals surface area contributed by atoms with E-state index in [9.17, 15) is 0 Å². The Morgan fingerprint density at radius 3 is 3.00 bits per heavy atom. The number of anilines is 1. The molecule has 0 saturated heterocycles. The van der Waals surface area contributed by atoms with Crippen molar-refractivity contribution in [1.82, 2.24) is 4.37 Å². The molecule has 0 amide bonds. The minimum atomic E-state index is 0.524. The van der Waals surface area contributed by atoms with Crippen molar-refractivity contribution in [2.45, 2.75) is 45.6 Å². The molecule has 0 aliphatic heterocycles. The van der Waals surface area contributed by atoms with Crippen LogP contribution < -0.4 is 5.32 Å². The summed E-state index contributed by atoms with van der Waals surface area (Å²) < 4.78 is 4.23. The lowest BCUT2D eigenvalue weighted by Gasteiger charge is -2.27. The molecule has 1 heterocycles. The molecule has 0 aromatic carbocycles. The van der Waals surface area contributed by atoms with Gasteiger partial charge in [-0.15, -0.1) is 0 Å². The van der Waals surface area contributed by atoms with Gasteiger partial charge in [0.25, 0.3) is 0 Å². The summed E-state index contributed by atoms with van der Waals surface area (Å²) in [5.41, 5.74) is 1.57. The minimum absolute atomic E-state index is 0.524. The Morgan fingerprint density at radius 2 is 2.31 bits per heavy atom. The largest absolute Gasteiger partial charge is 0.372 e. The number of aromatic nitrogens is 1. The van der Waals surface area contributed by atoms with Gasteiger partial charge in [-0.2, -0.15) is 9.64 Å². The second-order valence-electron chi connectivity index (χ2n) is 4.70. The quantitative estimate of drug-likeness (QED) is 0.855. The lowest BCUT2D eigenvalue weighted by molar-refractivity contribution is 0.359. The topological polar surface area (TPSA) is 48.7 Å². The highest BCUT2D eigenvalue weighted by molar-refractivity contribution is 7.10. The van der Waals surface area contributed by atoms with Gasteiger partial charge in [0.15, 0.2) is 0 Å². The fourth-order valence-electron chi connectivity index (χ4n) is 2.35. The third-order valence-electron chi connectivity index (χ3n) is 3.25. The predicted molar refractivity (Wildman–Crippen MR) is 66.6 cm³/mol. The Morgan fingerprint density at radius 1 is 1.50 bits per heavy atom. The number of nitrogens with zero attached hydrogens (tertiary/aromatic N) is 2. The van der Waals surface area contributed by atoms with Gasteiger partial charge in [-0.05, 0) is 37.2 Å². The molecule has 4 heteroatoms. The van der Waals surface area contributed by atoms with Crippen LogP contribution in [0, 0.1) is 24.2 Å². The summed E-state index contributed by atoms with van der Waals surface area (Å²) in [6.07, 6.45) is 5.05. The van der Waals surface area contributed by atoms with Gasteiger partial charge < -0.3 is 5.32 Å². The summed E-state index contributed by atoms with van der Waals surface area (Å²) >= 11 is 1.41. The summed E-state index contributed by atoms with van der Waals surface area (Å²) in [4.78, 5) is 0. The molecule has 0 radical (unpaired) electrons. The lowest BCUT2D eigenvalue weighted by atomic mass is 9.87. The molecule has 1 saturated carbocycles. The maximum Gasteiger partial charge on any atom is 0.127 e. The van der Waals surface area contributed by atoms with Crippen LogP contribution in [0.3, 0.4) is 0 Å². The number of nitrogens with one attached hydrogen (secondary N) is 1. The summed E-state index contributed by atoms with van der Waals surface area (Å²) in [6, 6.07) is 2.75. The van der Waals surface area contributed by atoms with E-state index in [4.69, 9.17) is 5.26 Å². The number of nitriles is 1. The van der Waals surface area contributed by atoms with E-state index in [2.05, 4.69) is 22.7 Å². The van der Waals surface area contributed by atoms with Gasteiger partial charge in [0.2, 0.25) is 0 Å². The van der Waals surface area contributed by atoms with Gasteiger partial charge in [0.05, 0.1) is 5.69 Å². The van der Waals surface area contributed by atoms with Gasteiger partial charge in [-0.1, -0.05) is 19.8 Å². The van der Waals surface area contributed by atoms with Crippen molar-refractivity contribution >= 4 is 16.5 Å². The van der Waals surface area contributed by atoms with Crippen molar-refractivity contribution in [1.29, 1.82) is 5.26 Å². The third-order valence-corrected chi connectivity index (χ3v) is 4.12. The highest BCUT2D eigenvalue weighted by Crippen LogP contribution is 2.30. The van der Waals surface area contributed by atoms with E-state index in [0.717, 1.165) is 22.2 Å². The van der Waals surface area contributed by atoms with Gasteiger partial charge in [-0.3, -0.25) is 0 Å². The summed E-state index contributed by atoms with van der Waals surface area (Å²) in [6.45, 7) is 4.20. The van der Waals surface area contributed by atoms with Crippen LogP contribution in [-0.4, -0.2) is 10.4 Å². The molecule has 2 unspecified atom stereocenters. The first kappa shape index (κ1) is 11.4. The SMILES string of the molecule is Cc1nsc(NC2CCCC(C)C2)c1C#N. The molecule has 1 aliphatic rings. The van der Waals surface area contributed by atoms with Crippen LogP contribution in [0.4, 0.5) is 5.00 Å². The lowest BCUT2D eigenvalue weighted by Crippen LogP contribution is -2.26. The van der Waals surface area contributed by atoms with Crippen LogP contribution in [0.2, 0.25) is 0 Å². The Bertz CT molecular complexity index is 405. The van der Waals surface area contributed by atoms with Crippen molar-refractivity contribution < 1.29 is 0 Å². The zero-order valence-corrected chi connectivity index (χ0v) is 10.6. The zero-order chi connectivity index (χ0) is 11.5. The molecule has 1 aromatic heterocycles. The molecule has 1 aromatic rings. The molecule has 1 N–H and O–H groups in total. The van der Waals surface area contributed by atoms with Crippen LogP contribution in [0.25, 0.3) is 0 Å². The average Bonchev–Trinajstić information content (AvgIpc) is 2.59. The van der Waals surface area contributed by atoms with Crippen LogP contribution in [0.15, 0.2) is 0 Å². The van der Waals surface area contributed by atoms with E-state index in [1.807, 2.05) is 6.92 Å². The van der Waals surface area contributed by atoms with E-state index in [-0.39, 0.29) is 0 Å². The second kappa shape index (κ2) is 4.84. The van der Waals surface area contributed by atoms with E-state index in [1.165, 1.54) is 37.2 Å². The van der Waals surface area contributed by atoms with Crippen molar-refractivity contribution in [3.63, 3.8) is 0 Å². The predicted octanol–water partition coefficient (Wildman–Crippen LogP) is 3.31. The Labute approximate surface area is 101 Å². The molecule has 2 atom stereocenters. The molecule has 86 valence electrons. The standard InChI is InChI=1S/C12H17N3S/c1-8-4-3-5-10(6-8)14-12-11(7-13)9(2)15-16-12/h8,10,14H,3-6H2,1-2H3. The fourth-order valence-corrected chi connectivity index (χ4v) is 3.17. The monoisotopic (exact) mass is 235 g/mol. The first-order valence-corrected chi connectivity index (χ1v) is 6.61. The highest BCUT2D eigenvalue weighted by atomic mass is 32.1. The van der Waals surface area contributed by atoms with Crippen molar-refractivity contribution in [2.75, 3.05) is 5.32 Å². The summed E-state index contributed by atoms with van der Waals surface area (Å²) in [5, 5.41) is 13.5. The Kier molecular flexibility index (Phi) is 3.45. The molecular formula is C12H17N3S. The van der Waals surface area contributed by atoms with E-state index in [0.29, 0.717) is 6.04 Å². The molecule has 3 nitrogen and oxygen atoms in total. The van der Waals surface area contributed by atoms with E-state index in [1.54, 1.807) is 0 Å². The van der Waals surface area contributed by atoms with E-state index >= 15 is 0 Å². The van der Waals surface area contributed by atoms with Crippen LogP contribution in [0.5, 0.6) is 0 Å². The van der Waals surface area contributed by atoms with Crippen LogP contribution >= 0.6 is 11.5 Å². The van der Waals surface area contributed by atoms with Crippen LogP contribution in [-0.2, 0) is 0 Å². The number of aryl methyl sites for hydroxylation is 1. The van der Waals surface area contributed by atoms with Gasteiger partial charge in [0, 0.05) is 6.04 Å². The van der Waals surface area contributed by atoms with E-state index < -0.39 is 0 Å². The van der Waals surface area contributed by atoms with Gasteiger partial charge >= 0.3 is 0 Å². The minimum Gasteiger partial charge on any atom is -0.372 e. The first-order valence-electron chi connectivity index (χ1n) is 5.83. The number of hydrogen-bond acceptors (Lipinski definition) is 4. The Balaban J connectivity index is 2.06.